The molecule has 1 amide bonds. The standard InChI is InChI=1S/C18H27ClN4O3S/c1-21-7-5-14(6-8-21)20-18(24)16-13-15(3-4-17(16)19)27(25,26)23-11-9-22(2)10-12-23/h3-4,13-14H,5-12H2,1-2H3,(H,20,24). The van der Waals surface area contributed by atoms with Gasteiger partial charge in [-0.05, 0) is 58.2 Å². The van der Waals surface area contributed by atoms with Crippen molar-refractivity contribution in [3.8, 4) is 0 Å². The Hall–Kier alpha value is -1.19. The number of amides is 1. The first-order valence-corrected chi connectivity index (χ1v) is 11.1. The van der Waals surface area contributed by atoms with Gasteiger partial charge >= 0.3 is 0 Å². The molecule has 0 spiro atoms. The average molecular weight is 415 g/mol. The van der Waals surface area contributed by atoms with Gasteiger partial charge in [-0.2, -0.15) is 4.31 Å². The van der Waals surface area contributed by atoms with E-state index in [4.69, 9.17) is 11.6 Å². The number of piperazine rings is 1. The second-order valence-electron chi connectivity index (χ2n) is 7.40. The van der Waals surface area contributed by atoms with Crippen LogP contribution in [0.2, 0.25) is 5.02 Å². The number of nitrogens with one attached hydrogen (secondary N) is 1. The molecule has 9 heteroatoms. The van der Waals surface area contributed by atoms with Gasteiger partial charge in [-0.3, -0.25) is 4.79 Å². The lowest BCUT2D eigenvalue weighted by atomic mass is 10.0. The predicted molar refractivity (Wildman–Crippen MR) is 106 cm³/mol. The van der Waals surface area contributed by atoms with Crippen LogP contribution in [0.3, 0.4) is 0 Å². The smallest absolute Gasteiger partial charge is 0.253 e. The third-order valence-electron chi connectivity index (χ3n) is 5.34. The summed E-state index contributed by atoms with van der Waals surface area (Å²) in [5, 5.41) is 3.26. The van der Waals surface area contributed by atoms with Crippen LogP contribution < -0.4 is 5.32 Å². The van der Waals surface area contributed by atoms with Crippen molar-refractivity contribution in [1.29, 1.82) is 0 Å². The van der Waals surface area contributed by atoms with Crippen molar-refractivity contribution in [2.24, 2.45) is 0 Å². The molecule has 1 N–H and O–H groups in total. The maximum absolute atomic E-state index is 12.9. The number of carbonyl (C=O) groups excluding carboxylic acids is 1. The highest BCUT2D eigenvalue weighted by Crippen LogP contribution is 2.24. The van der Waals surface area contributed by atoms with Crippen molar-refractivity contribution in [3.05, 3.63) is 28.8 Å². The predicted octanol–water partition coefficient (Wildman–Crippen LogP) is 1.10. The van der Waals surface area contributed by atoms with Crippen molar-refractivity contribution in [2.75, 3.05) is 53.4 Å². The van der Waals surface area contributed by atoms with Crippen molar-refractivity contribution in [2.45, 2.75) is 23.8 Å². The van der Waals surface area contributed by atoms with Gasteiger partial charge in [0.2, 0.25) is 10.0 Å². The monoisotopic (exact) mass is 414 g/mol. The second-order valence-corrected chi connectivity index (χ2v) is 9.75. The Bertz CT molecular complexity index is 786. The topological polar surface area (TPSA) is 73.0 Å². The number of likely N-dealkylation sites (N-methyl/N-ethyl adjacent to an activating group) is 1. The van der Waals surface area contributed by atoms with Gasteiger partial charge in [0.1, 0.15) is 0 Å². The zero-order valence-corrected chi connectivity index (χ0v) is 17.4. The summed E-state index contributed by atoms with van der Waals surface area (Å²) in [7, 11) is 0.390. The molecule has 0 radical (unpaired) electrons. The SMILES string of the molecule is CN1CCC(NC(=O)c2cc(S(=O)(=O)N3CCN(C)CC3)ccc2Cl)CC1. The van der Waals surface area contributed by atoms with E-state index in [1.807, 2.05) is 7.05 Å². The molecule has 0 unspecified atom stereocenters. The Balaban J connectivity index is 1.76. The van der Waals surface area contributed by atoms with E-state index in [-0.39, 0.29) is 27.4 Å². The fraction of sp³-hybridized carbons (Fsp3) is 0.611. The van der Waals surface area contributed by atoms with Crippen LogP contribution in [0.25, 0.3) is 0 Å². The van der Waals surface area contributed by atoms with Crippen LogP contribution in [0.1, 0.15) is 23.2 Å². The molecule has 1 aromatic rings. The Morgan fingerprint density at radius 2 is 1.63 bits per heavy atom. The van der Waals surface area contributed by atoms with Gasteiger partial charge in [0.25, 0.3) is 5.91 Å². The van der Waals surface area contributed by atoms with Gasteiger partial charge in [-0.25, -0.2) is 8.42 Å². The highest BCUT2D eigenvalue weighted by molar-refractivity contribution is 7.89. The van der Waals surface area contributed by atoms with Crippen LogP contribution in [0, 0.1) is 0 Å². The molecule has 3 rings (SSSR count). The Labute approximate surface area is 166 Å². The number of nitrogens with zero attached hydrogens (tertiary/aromatic N) is 3. The molecule has 2 aliphatic rings. The van der Waals surface area contributed by atoms with Crippen molar-refractivity contribution in [1.82, 2.24) is 19.4 Å². The van der Waals surface area contributed by atoms with Crippen molar-refractivity contribution < 1.29 is 13.2 Å². The first-order chi connectivity index (χ1) is 12.8. The van der Waals surface area contributed by atoms with E-state index in [1.165, 1.54) is 22.5 Å². The van der Waals surface area contributed by atoms with E-state index in [1.54, 1.807) is 0 Å². The van der Waals surface area contributed by atoms with Crippen LogP contribution in [0.15, 0.2) is 23.1 Å². The van der Waals surface area contributed by atoms with Crippen LogP contribution >= 0.6 is 11.6 Å². The van der Waals surface area contributed by atoms with Gasteiger partial charge in [0.15, 0.2) is 0 Å². The Morgan fingerprint density at radius 1 is 1.04 bits per heavy atom. The lowest BCUT2D eigenvalue weighted by Gasteiger charge is -2.31. The third kappa shape index (κ3) is 4.81. The minimum atomic E-state index is -3.64. The molecule has 27 heavy (non-hydrogen) atoms. The summed E-state index contributed by atoms with van der Waals surface area (Å²) in [6, 6.07) is 4.46. The lowest BCUT2D eigenvalue weighted by Crippen LogP contribution is -2.47. The molecule has 0 saturated carbocycles. The number of hydrogen-bond donors (Lipinski definition) is 1. The number of likely N-dealkylation sites (tertiary alicyclic amines) is 1. The van der Waals surface area contributed by atoms with Gasteiger partial charge in [0.05, 0.1) is 15.5 Å². The first kappa shape index (κ1) is 20.5. The Morgan fingerprint density at radius 3 is 2.26 bits per heavy atom. The summed E-state index contributed by atoms with van der Waals surface area (Å²) >= 11 is 6.20. The minimum Gasteiger partial charge on any atom is -0.349 e. The minimum absolute atomic E-state index is 0.0858. The zero-order chi connectivity index (χ0) is 19.6. The highest BCUT2D eigenvalue weighted by Gasteiger charge is 2.29. The number of hydrogen-bond acceptors (Lipinski definition) is 5. The molecule has 0 bridgehead atoms. The van der Waals surface area contributed by atoms with Gasteiger partial charge in [-0.1, -0.05) is 11.6 Å². The largest absolute Gasteiger partial charge is 0.349 e. The molecule has 2 fully saturated rings. The number of carbonyl (C=O) groups is 1. The number of rotatable bonds is 4. The fourth-order valence-corrected chi connectivity index (χ4v) is 5.08. The van der Waals surface area contributed by atoms with Crippen LogP contribution in [-0.4, -0.2) is 87.8 Å². The van der Waals surface area contributed by atoms with E-state index in [0.717, 1.165) is 25.9 Å². The summed E-state index contributed by atoms with van der Waals surface area (Å²) < 4.78 is 27.3. The van der Waals surface area contributed by atoms with Crippen LogP contribution in [0.4, 0.5) is 0 Å². The molecular formula is C18H27ClN4O3S. The van der Waals surface area contributed by atoms with Gasteiger partial charge in [-0.15, -0.1) is 0 Å². The summed E-state index contributed by atoms with van der Waals surface area (Å²) in [5.74, 6) is -0.315. The molecule has 2 aliphatic heterocycles. The third-order valence-corrected chi connectivity index (χ3v) is 7.56. The van der Waals surface area contributed by atoms with E-state index in [0.29, 0.717) is 26.2 Å². The van der Waals surface area contributed by atoms with Gasteiger partial charge in [0, 0.05) is 32.2 Å². The maximum Gasteiger partial charge on any atom is 0.253 e. The molecule has 0 atom stereocenters. The normalized spacial score (nSPS) is 21.3. The summed E-state index contributed by atoms with van der Waals surface area (Å²) in [6.07, 6.45) is 1.75. The van der Waals surface area contributed by atoms with Crippen LogP contribution in [-0.2, 0) is 10.0 Å². The highest BCUT2D eigenvalue weighted by atomic mass is 35.5. The quantitative estimate of drug-likeness (QED) is 0.798. The lowest BCUT2D eigenvalue weighted by molar-refractivity contribution is 0.0917. The fourth-order valence-electron chi connectivity index (χ4n) is 3.43. The van der Waals surface area contributed by atoms with Crippen molar-refractivity contribution in [3.63, 3.8) is 0 Å². The first-order valence-electron chi connectivity index (χ1n) is 9.25. The molecule has 7 nitrogen and oxygen atoms in total. The summed E-state index contributed by atoms with van der Waals surface area (Å²) in [5.41, 5.74) is 0.214. The molecule has 2 saturated heterocycles. The van der Waals surface area contributed by atoms with E-state index < -0.39 is 10.0 Å². The molecule has 1 aromatic carbocycles. The van der Waals surface area contributed by atoms with Gasteiger partial charge < -0.3 is 15.1 Å². The second kappa shape index (κ2) is 8.45. The zero-order valence-electron chi connectivity index (χ0n) is 15.8. The van der Waals surface area contributed by atoms with E-state index in [2.05, 4.69) is 22.2 Å². The summed E-state index contributed by atoms with van der Waals surface area (Å²) in [4.78, 5) is 17.1. The number of piperidine rings is 1. The number of halogens is 1. The molecule has 150 valence electrons. The van der Waals surface area contributed by atoms with Crippen molar-refractivity contribution >= 4 is 27.5 Å². The molecule has 2 heterocycles. The summed E-state index contributed by atoms with van der Waals surface area (Å²) in [6.45, 7) is 4.12. The molecular weight excluding hydrogens is 388 g/mol. The molecule has 0 aromatic heterocycles. The van der Waals surface area contributed by atoms with Crippen LogP contribution in [0.5, 0.6) is 0 Å². The molecule has 0 aliphatic carbocycles. The average Bonchev–Trinajstić information content (AvgIpc) is 2.64. The van der Waals surface area contributed by atoms with E-state index in [9.17, 15) is 13.2 Å². The maximum atomic E-state index is 12.9. The Kier molecular flexibility index (Phi) is 6.43. The van der Waals surface area contributed by atoms with E-state index >= 15 is 0 Å². The number of benzene rings is 1. The number of sulfonamides is 1.